The van der Waals surface area contributed by atoms with Gasteiger partial charge in [0.1, 0.15) is 0 Å². The molecule has 1 heterocycles. The van der Waals surface area contributed by atoms with E-state index in [0.717, 1.165) is 45.7 Å². The van der Waals surface area contributed by atoms with Crippen LogP contribution in [0.3, 0.4) is 0 Å². The Bertz CT molecular complexity index is 1010. The molecule has 0 aliphatic rings. The van der Waals surface area contributed by atoms with Crippen molar-refractivity contribution < 1.29 is 18.7 Å². The molecule has 0 aliphatic carbocycles. The molecule has 0 spiro atoms. The fourth-order valence-corrected chi connectivity index (χ4v) is 4.62. The zero-order chi connectivity index (χ0) is 21.5. The maximum Gasteiger partial charge on any atom is 0.223 e. The van der Waals surface area contributed by atoms with Crippen molar-refractivity contribution in [2.24, 2.45) is 0 Å². The first-order valence-corrected chi connectivity index (χ1v) is 11.6. The number of nitrogens with one attached hydrogen (secondary N) is 1. The van der Waals surface area contributed by atoms with Crippen LogP contribution in [0.5, 0.6) is 0 Å². The summed E-state index contributed by atoms with van der Waals surface area (Å²) in [5.74, 6) is -0.148. The normalized spacial score (nSPS) is 12.0. The number of aliphatic hydroxyl groups is 1. The number of hydrogen-bond acceptors (Lipinski definition) is 6. The molecule has 3 rings (SSSR count). The third kappa shape index (κ3) is 6.56. The van der Waals surface area contributed by atoms with Gasteiger partial charge in [-0.05, 0) is 35.1 Å². The van der Waals surface area contributed by atoms with Crippen molar-refractivity contribution >= 4 is 33.5 Å². The highest BCUT2D eigenvalue weighted by Gasteiger charge is 2.13. The predicted octanol–water partition coefficient (Wildman–Crippen LogP) is 3.35. The number of aryl methyl sites for hydroxylation is 2. The van der Waals surface area contributed by atoms with E-state index >= 15 is 0 Å². The lowest BCUT2D eigenvalue weighted by molar-refractivity contribution is -0.114. The second-order valence-electron chi connectivity index (χ2n) is 6.99. The molecule has 6 nitrogen and oxygen atoms in total. The lowest BCUT2D eigenvalue weighted by Crippen LogP contribution is -2.05. The molecule has 0 saturated carbocycles. The van der Waals surface area contributed by atoms with Gasteiger partial charge >= 0.3 is 0 Å². The Hall–Kier alpha value is -2.39. The van der Waals surface area contributed by atoms with Gasteiger partial charge in [0.2, 0.25) is 5.91 Å². The number of hydrogen-bond donors (Lipinski definition) is 2. The maximum absolute atomic E-state index is 11.4. The summed E-state index contributed by atoms with van der Waals surface area (Å²) in [6.07, 6.45) is 2.20. The lowest BCUT2D eigenvalue weighted by Gasteiger charge is -2.07. The zero-order valence-electron chi connectivity index (χ0n) is 16.6. The number of rotatable bonds is 9. The minimum atomic E-state index is -2.10. The minimum Gasteiger partial charge on any atom is -0.772 e. The van der Waals surface area contributed by atoms with Crippen molar-refractivity contribution in [3.05, 3.63) is 81.4 Å². The Morgan fingerprint density at radius 2 is 1.63 bits per heavy atom. The van der Waals surface area contributed by atoms with E-state index < -0.39 is 11.1 Å². The Morgan fingerprint density at radius 3 is 2.23 bits per heavy atom. The van der Waals surface area contributed by atoms with Crippen molar-refractivity contribution in [2.45, 2.75) is 38.5 Å². The first kappa shape index (κ1) is 22.3. The first-order valence-electron chi connectivity index (χ1n) is 9.51. The van der Waals surface area contributed by atoms with Gasteiger partial charge in [0.15, 0.2) is 5.13 Å². The van der Waals surface area contributed by atoms with Crippen LogP contribution in [0.4, 0.5) is 5.13 Å². The van der Waals surface area contributed by atoms with Crippen LogP contribution in [-0.2, 0) is 47.5 Å². The average molecular weight is 444 g/mol. The molecule has 3 aromatic rings. The number of aromatic nitrogens is 1. The van der Waals surface area contributed by atoms with Gasteiger partial charge in [0.05, 0.1) is 12.3 Å². The first-order chi connectivity index (χ1) is 14.4. The molecule has 0 bridgehead atoms. The molecule has 0 saturated heterocycles. The summed E-state index contributed by atoms with van der Waals surface area (Å²) < 4.78 is 21.7. The smallest absolute Gasteiger partial charge is 0.223 e. The molecule has 1 atom stereocenters. The van der Waals surface area contributed by atoms with Crippen LogP contribution in [0.1, 0.15) is 39.7 Å². The largest absolute Gasteiger partial charge is 0.772 e. The van der Waals surface area contributed by atoms with Gasteiger partial charge in [-0.2, -0.15) is 0 Å². The van der Waals surface area contributed by atoms with Crippen molar-refractivity contribution in [1.82, 2.24) is 4.98 Å². The summed E-state index contributed by atoms with van der Waals surface area (Å²) in [7, 11) is 0. The number of carbonyl (C=O) groups is 1. The fraction of sp³-hybridized carbons (Fsp3) is 0.273. The Kier molecular flexibility index (Phi) is 7.87. The van der Waals surface area contributed by atoms with Gasteiger partial charge in [-0.1, -0.05) is 59.6 Å². The molecule has 1 unspecified atom stereocenters. The molecular weight excluding hydrogens is 420 g/mol. The summed E-state index contributed by atoms with van der Waals surface area (Å²) in [5.41, 5.74) is 4.79. The van der Waals surface area contributed by atoms with Crippen molar-refractivity contribution in [2.75, 3.05) is 5.32 Å². The molecule has 1 aromatic heterocycles. The zero-order valence-corrected chi connectivity index (χ0v) is 18.2. The van der Waals surface area contributed by atoms with Crippen LogP contribution >= 0.6 is 11.3 Å². The number of nitrogens with zero attached hydrogens (tertiary/aromatic N) is 1. The van der Waals surface area contributed by atoms with E-state index in [2.05, 4.69) is 10.3 Å². The third-order valence-corrected chi connectivity index (χ3v) is 6.17. The van der Waals surface area contributed by atoms with Gasteiger partial charge in [-0.25, -0.2) is 4.98 Å². The predicted molar refractivity (Wildman–Crippen MR) is 118 cm³/mol. The topological polar surface area (TPSA) is 102 Å². The monoisotopic (exact) mass is 443 g/mol. The molecule has 2 N–H and O–H groups in total. The van der Waals surface area contributed by atoms with E-state index in [4.69, 9.17) is 0 Å². The van der Waals surface area contributed by atoms with Gasteiger partial charge in [-0.3, -0.25) is 9.00 Å². The van der Waals surface area contributed by atoms with Gasteiger partial charge in [-0.15, -0.1) is 11.3 Å². The van der Waals surface area contributed by atoms with E-state index in [1.165, 1.54) is 18.3 Å². The lowest BCUT2D eigenvalue weighted by atomic mass is 10.0. The molecular formula is C22H23N2O4S2-. The molecule has 158 valence electrons. The molecule has 8 heteroatoms. The average Bonchev–Trinajstić information content (AvgIpc) is 3.08. The number of benzene rings is 2. The van der Waals surface area contributed by atoms with Crippen LogP contribution in [0, 0.1) is 0 Å². The second-order valence-corrected chi connectivity index (χ2v) is 8.97. The van der Waals surface area contributed by atoms with E-state index in [-0.39, 0.29) is 18.3 Å². The molecule has 0 aliphatic heterocycles. The highest BCUT2D eigenvalue weighted by atomic mass is 32.2. The Balaban J connectivity index is 1.75. The number of thiazole rings is 1. The van der Waals surface area contributed by atoms with Gasteiger partial charge in [0.25, 0.3) is 0 Å². The standard InChI is InChI=1S/C22H24N2O4S2/c1-15(26)23-22-24-20(11-10-16-2-6-18(13-25)7-3-16)21(29-22)12-17-4-8-19(9-5-17)14-30(27)28/h2-9,25H,10-14H2,1H3,(H,27,28)(H,23,24,26)/p-1. The van der Waals surface area contributed by atoms with Crippen LogP contribution in [-0.4, -0.2) is 24.8 Å². The highest BCUT2D eigenvalue weighted by Crippen LogP contribution is 2.27. The number of anilines is 1. The SMILES string of the molecule is CC(=O)Nc1nc(CCc2ccc(CO)cc2)c(Cc2ccc(CS(=O)[O-])cc2)s1. The van der Waals surface area contributed by atoms with Crippen LogP contribution < -0.4 is 5.32 Å². The summed E-state index contributed by atoms with van der Waals surface area (Å²) >= 11 is -0.638. The fourth-order valence-electron chi connectivity index (χ4n) is 3.07. The Morgan fingerprint density at radius 1 is 1.03 bits per heavy atom. The summed E-state index contributed by atoms with van der Waals surface area (Å²) in [5, 5.41) is 12.5. The minimum absolute atomic E-state index is 0.00778. The molecule has 1 amide bonds. The van der Waals surface area contributed by atoms with Crippen molar-refractivity contribution in [3.8, 4) is 0 Å². The summed E-state index contributed by atoms with van der Waals surface area (Å²) in [6.45, 7) is 1.49. The van der Waals surface area contributed by atoms with Crippen molar-refractivity contribution in [1.29, 1.82) is 0 Å². The van der Waals surface area contributed by atoms with Gasteiger partial charge in [0, 0.05) is 24.0 Å². The van der Waals surface area contributed by atoms with Gasteiger partial charge < -0.3 is 15.0 Å². The molecule has 0 radical (unpaired) electrons. The Labute approximate surface area is 182 Å². The van der Waals surface area contributed by atoms with E-state index in [0.29, 0.717) is 11.6 Å². The highest BCUT2D eigenvalue weighted by molar-refractivity contribution is 7.78. The van der Waals surface area contributed by atoms with Crippen LogP contribution in [0.15, 0.2) is 48.5 Å². The van der Waals surface area contributed by atoms with Crippen molar-refractivity contribution in [3.63, 3.8) is 0 Å². The number of carbonyl (C=O) groups excluding carboxylic acids is 1. The van der Waals surface area contributed by atoms with Crippen LogP contribution in [0.2, 0.25) is 0 Å². The summed E-state index contributed by atoms with van der Waals surface area (Å²) in [4.78, 5) is 17.1. The number of aliphatic hydroxyl groups excluding tert-OH is 1. The maximum atomic E-state index is 11.4. The number of amides is 1. The third-order valence-electron chi connectivity index (χ3n) is 4.59. The van der Waals surface area contributed by atoms with Crippen LogP contribution in [0.25, 0.3) is 0 Å². The van der Waals surface area contributed by atoms with E-state index in [1.807, 2.05) is 48.5 Å². The second kappa shape index (κ2) is 10.6. The van der Waals surface area contributed by atoms with E-state index in [9.17, 15) is 18.7 Å². The van der Waals surface area contributed by atoms with E-state index in [1.54, 1.807) is 0 Å². The summed E-state index contributed by atoms with van der Waals surface area (Å²) in [6, 6.07) is 15.3. The quantitative estimate of drug-likeness (QED) is 0.494. The molecule has 0 fully saturated rings. The molecule has 30 heavy (non-hydrogen) atoms. The molecule has 2 aromatic carbocycles.